The third-order valence-corrected chi connectivity index (χ3v) is 6.95. The van der Waals surface area contributed by atoms with E-state index in [9.17, 15) is 9.59 Å². The van der Waals surface area contributed by atoms with E-state index in [2.05, 4.69) is 27.2 Å². The molecule has 2 aromatic rings. The fourth-order valence-electron chi connectivity index (χ4n) is 4.40. The van der Waals surface area contributed by atoms with Gasteiger partial charge in [-0.25, -0.2) is 9.97 Å². The van der Waals surface area contributed by atoms with Crippen molar-refractivity contribution in [1.29, 1.82) is 0 Å². The molecule has 1 aromatic carbocycles. The van der Waals surface area contributed by atoms with Crippen LogP contribution in [0.5, 0.6) is 5.75 Å². The third-order valence-electron chi connectivity index (χ3n) is 6.27. The number of rotatable bonds is 4. The lowest BCUT2D eigenvalue weighted by Crippen LogP contribution is -2.45. The fraction of sp³-hybridized carbons (Fsp3) is 0.375. The maximum Gasteiger partial charge on any atom is 0.260 e. The third kappa shape index (κ3) is 4.30. The van der Waals surface area contributed by atoms with Gasteiger partial charge in [0, 0.05) is 49.3 Å². The topological polar surface area (TPSA) is 100 Å². The van der Waals surface area contributed by atoms with Crippen LogP contribution in [0.3, 0.4) is 0 Å². The van der Waals surface area contributed by atoms with Gasteiger partial charge in [0.15, 0.2) is 0 Å². The zero-order valence-corrected chi connectivity index (χ0v) is 20.0. The number of ether oxygens (including phenoxy) is 1. The summed E-state index contributed by atoms with van der Waals surface area (Å²) in [7, 11) is 3.68. The second-order valence-electron chi connectivity index (χ2n) is 8.46. The summed E-state index contributed by atoms with van der Waals surface area (Å²) in [6, 6.07) is 5.53. The number of nitrogens with one attached hydrogen (secondary N) is 1. The molecule has 0 bridgehead atoms. The van der Waals surface area contributed by atoms with E-state index in [-0.39, 0.29) is 5.92 Å². The van der Waals surface area contributed by atoms with Crippen molar-refractivity contribution in [2.24, 2.45) is 10.9 Å². The van der Waals surface area contributed by atoms with Gasteiger partial charge < -0.3 is 14.5 Å². The number of imide groups is 1. The van der Waals surface area contributed by atoms with Crippen LogP contribution in [0.2, 0.25) is 0 Å². The predicted molar refractivity (Wildman–Crippen MR) is 134 cm³/mol. The van der Waals surface area contributed by atoms with Gasteiger partial charge in [-0.15, -0.1) is 11.8 Å². The van der Waals surface area contributed by atoms with E-state index in [0.29, 0.717) is 51.7 Å². The Morgan fingerprint density at radius 2 is 1.94 bits per heavy atom. The minimum Gasteiger partial charge on any atom is -0.497 e. The molecule has 2 amide bonds. The molecule has 34 heavy (non-hydrogen) atoms. The molecule has 0 aliphatic carbocycles. The highest BCUT2D eigenvalue weighted by Gasteiger charge is 2.37. The molecule has 3 aliphatic heterocycles. The van der Waals surface area contributed by atoms with Gasteiger partial charge in [-0.3, -0.25) is 19.9 Å². The van der Waals surface area contributed by atoms with Gasteiger partial charge in [0.2, 0.25) is 5.95 Å². The molecule has 1 N–H and O–H groups in total. The molecule has 176 valence electrons. The Kier molecular flexibility index (Phi) is 6.34. The van der Waals surface area contributed by atoms with Gasteiger partial charge in [0.25, 0.3) is 11.8 Å². The molecule has 1 unspecified atom stereocenters. The van der Waals surface area contributed by atoms with E-state index < -0.39 is 11.8 Å². The molecule has 10 heteroatoms. The molecule has 1 saturated heterocycles. The average molecular weight is 479 g/mol. The molecule has 1 aromatic heterocycles. The first-order valence-corrected chi connectivity index (χ1v) is 12.3. The first-order chi connectivity index (χ1) is 16.5. The van der Waals surface area contributed by atoms with E-state index in [1.807, 2.05) is 29.7 Å². The Labute approximate surface area is 202 Å². The number of piperazine rings is 1. The lowest BCUT2D eigenvalue weighted by Gasteiger charge is -2.32. The zero-order valence-electron chi connectivity index (χ0n) is 19.2. The van der Waals surface area contributed by atoms with Crippen LogP contribution in [0, 0.1) is 5.92 Å². The summed E-state index contributed by atoms with van der Waals surface area (Å²) in [5, 5.41) is 5.14. The second kappa shape index (κ2) is 9.55. The number of amides is 2. The van der Waals surface area contributed by atoms with Crippen LogP contribution in [-0.4, -0.2) is 79.1 Å². The number of hydrogen-bond acceptors (Lipinski definition) is 9. The largest absolute Gasteiger partial charge is 0.497 e. The van der Waals surface area contributed by atoms with Crippen molar-refractivity contribution in [1.82, 2.24) is 20.2 Å². The SMILES string of the molecule is COc1ccc2nc(N3CCN(C)CC3)nc(C3=C(C4C=NCS/C=C\C4)C(=O)NC3=O)c2c1. The van der Waals surface area contributed by atoms with Crippen molar-refractivity contribution < 1.29 is 14.3 Å². The number of aliphatic imine (C=N–C) groups is 1. The van der Waals surface area contributed by atoms with E-state index in [0.717, 1.165) is 26.2 Å². The van der Waals surface area contributed by atoms with E-state index >= 15 is 0 Å². The molecular formula is C24H26N6O3S. The summed E-state index contributed by atoms with van der Waals surface area (Å²) in [6.07, 6.45) is 4.36. The monoisotopic (exact) mass is 478 g/mol. The Morgan fingerprint density at radius 1 is 1.12 bits per heavy atom. The Bertz CT molecular complexity index is 1230. The van der Waals surface area contributed by atoms with Gasteiger partial charge in [-0.1, -0.05) is 6.08 Å². The number of aromatic nitrogens is 2. The minimum absolute atomic E-state index is 0.291. The number of allylic oxidation sites excluding steroid dienone is 1. The fourth-order valence-corrected chi connectivity index (χ4v) is 4.90. The average Bonchev–Trinajstić information content (AvgIpc) is 3.11. The highest BCUT2D eigenvalue weighted by Crippen LogP contribution is 2.35. The van der Waals surface area contributed by atoms with E-state index in [4.69, 9.17) is 14.7 Å². The maximum absolute atomic E-state index is 13.2. The number of fused-ring (bicyclic) bond motifs is 1. The van der Waals surface area contributed by atoms with Gasteiger partial charge in [0.1, 0.15) is 5.75 Å². The molecule has 0 spiro atoms. The molecule has 1 atom stereocenters. The Hall–Kier alpha value is -3.24. The van der Waals surface area contributed by atoms with Crippen LogP contribution in [-0.2, 0) is 9.59 Å². The number of anilines is 1. The summed E-state index contributed by atoms with van der Waals surface area (Å²) in [6.45, 7) is 3.36. The quantitative estimate of drug-likeness (QED) is 0.667. The van der Waals surface area contributed by atoms with Crippen molar-refractivity contribution in [3.63, 3.8) is 0 Å². The summed E-state index contributed by atoms with van der Waals surface area (Å²) < 4.78 is 5.43. The van der Waals surface area contributed by atoms with Crippen LogP contribution < -0.4 is 15.0 Å². The standard InChI is InChI=1S/C24H26N6O3S/c1-29-7-9-30(10-8-29)24-26-18-6-5-16(33-2)12-17(18)21(27-24)20-19(22(31)28-23(20)32)15-4-3-11-34-14-25-13-15/h3,5-6,11-13,15H,4,7-10,14H2,1-2H3,(H,28,31,32)/b11-3-,25-13?. The first-order valence-electron chi connectivity index (χ1n) is 11.2. The number of hydrogen-bond donors (Lipinski definition) is 1. The Morgan fingerprint density at radius 3 is 2.74 bits per heavy atom. The van der Waals surface area contributed by atoms with Crippen molar-refractivity contribution in [3.05, 3.63) is 41.0 Å². The van der Waals surface area contributed by atoms with Crippen LogP contribution in [0.25, 0.3) is 16.5 Å². The summed E-state index contributed by atoms with van der Waals surface area (Å²) >= 11 is 1.59. The van der Waals surface area contributed by atoms with E-state index in [1.54, 1.807) is 25.1 Å². The van der Waals surface area contributed by atoms with Crippen LogP contribution in [0.15, 0.2) is 40.2 Å². The molecule has 4 heterocycles. The number of methoxy groups -OCH3 is 1. The smallest absolute Gasteiger partial charge is 0.260 e. The lowest BCUT2D eigenvalue weighted by molar-refractivity contribution is -0.123. The summed E-state index contributed by atoms with van der Waals surface area (Å²) in [5.74, 6) is 0.606. The van der Waals surface area contributed by atoms with Crippen molar-refractivity contribution in [3.8, 4) is 5.75 Å². The van der Waals surface area contributed by atoms with Gasteiger partial charge in [0.05, 0.1) is 29.8 Å². The maximum atomic E-state index is 13.2. The van der Waals surface area contributed by atoms with Crippen LogP contribution in [0.4, 0.5) is 5.95 Å². The van der Waals surface area contributed by atoms with Gasteiger partial charge >= 0.3 is 0 Å². The number of benzene rings is 1. The highest BCUT2D eigenvalue weighted by atomic mass is 32.2. The van der Waals surface area contributed by atoms with Crippen molar-refractivity contribution >= 4 is 52.2 Å². The highest BCUT2D eigenvalue weighted by molar-refractivity contribution is 8.02. The number of carbonyl (C=O) groups excluding carboxylic acids is 2. The summed E-state index contributed by atoms with van der Waals surface area (Å²) in [5.41, 5.74) is 1.84. The first kappa shape index (κ1) is 22.5. The van der Waals surface area contributed by atoms with Crippen LogP contribution >= 0.6 is 11.8 Å². The second-order valence-corrected chi connectivity index (χ2v) is 9.32. The van der Waals surface area contributed by atoms with Crippen LogP contribution in [0.1, 0.15) is 12.1 Å². The minimum atomic E-state index is -0.444. The van der Waals surface area contributed by atoms with Gasteiger partial charge in [-0.05, 0) is 37.1 Å². The lowest BCUT2D eigenvalue weighted by atomic mass is 9.91. The molecule has 0 radical (unpaired) electrons. The molecular weight excluding hydrogens is 452 g/mol. The molecule has 9 nitrogen and oxygen atoms in total. The van der Waals surface area contributed by atoms with Crippen molar-refractivity contribution in [2.75, 3.05) is 51.1 Å². The predicted octanol–water partition coefficient (Wildman–Crippen LogP) is 2.10. The van der Waals surface area contributed by atoms with Crippen molar-refractivity contribution in [2.45, 2.75) is 6.42 Å². The zero-order chi connectivity index (χ0) is 23.7. The molecule has 3 aliphatic rings. The molecule has 1 fully saturated rings. The molecule has 0 saturated carbocycles. The number of nitrogens with zero attached hydrogens (tertiary/aromatic N) is 5. The van der Waals surface area contributed by atoms with Gasteiger partial charge in [-0.2, -0.15) is 0 Å². The molecule has 5 rings (SSSR count). The normalized spacial score (nSPS) is 22.6. The van der Waals surface area contributed by atoms with E-state index in [1.165, 1.54) is 0 Å². The summed E-state index contributed by atoms with van der Waals surface area (Å²) in [4.78, 5) is 44.6. The Balaban J connectivity index is 1.71. The number of carbonyl (C=O) groups is 2. The number of thioether (sulfide) groups is 1. The number of likely N-dealkylation sites (N-methyl/N-ethyl adjacent to an activating group) is 1.